The van der Waals surface area contributed by atoms with Crippen LogP contribution in [0, 0.1) is 0 Å². The maximum atomic E-state index is 11.6. The quantitative estimate of drug-likeness (QED) is 0.773. The number of hydrogen-bond donors (Lipinski definition) is 2. The third kappa shape index (κ3) is 2.37. The van der Waals surface area contributed by atoms with Gasteiger partial charge in [0.15, 0.2) is 5.82 Å². The van der Waals surface area contributed by atoms with Crippen molar-refractivity contribution in [3.63, 3.8) is 0 Å². The van der Waals surface area contributed by atoms with E-state index in [0.717, 1.165) is 11.3 Å². The van der Waals surface area contributed by atoms with E-state index in [1.807, 2.05) is 0 Å². The van der Waals surface area contributed by atoms with Crippen LogP contribution in [0.3, 0.4) is 0 Å². The molecule has 80 valence electrons. The molecule has 0 saturated heterocycles. The molecule has 0 aliphatic rings. The Bertz CT molecular complexity index is 504. The molecule has 2 N–H and O–H groups in total. The second-order valence-corrected chi connectivity index (χ2v) is 5.53. The molecular formula is C6H7N5O2S2. The summed E-state index contributed by atoms with van der Waals surface area (Å²) in [6.07, 6.45) is 0. The van der Waals surface area contributed by atoms with Crippen molar-refractivity contribution in [3.05, 3.63) is 23.3 Å². The summed E-state index contributed by atoms with van der Waals surface area (Å²) in [5.41, 5.74) is 0. The maximum Gasteiger partial charge on any atom is 0.250 e. The number of H-pyrrole nitrogens is 1. The van der Waals surface area contributed by atoms with Crippen LogP contribution in [-0.2, 0) is 16.6 Å². The molecule has 0 spiro atoms. The van der Waals surface area contributed by atoms with Crippen molar-refractivity contribution in [2.45, 2.75) is 10.8 Å². The molecule has 0 atom stereocenters. The van der Waals surface area contributed by atoms with Gasteiger partial charge >= 0.3 is 0 Å². The van der Waals surface area contributed by atoms with Crippen LogP contribution in [0.5, 0.6) is 0 Å². The fourth-order valence-corrected chi connectivity index (χ4v) is 2.92. The number of aromatic amines is 1. The molecule has 2 heterocycles. The van der Waals surface area contributed by atoms with Gasteiger partial charge in [0.05, 0.1) is 6.54 Å². The summed E-state index contributed by atoms with van der Waals surface area (Å²) in [4.78, 5) is 0. The highest BCUT2D eigenvalue weighted by Crippen LogP contribution is 2.15. The monoisotopic (exact) mass is 245 g/mol. The van der Waals surface area contributed by atoms with Crippen molar-refractivity contribution in [2.24, 2.45) is 0 Å². The number of thiophene rings is 1. The van der Waals surface area contributed by atoms with E-state index in [-0.39, 0.29) is 10.8 Å². The van der Waals surface area contributed by atoms with Crippen LogP contribution in [0.1, 0.15) is 5.82 Å². The van der Waals surface area contributed by atoms with Crippen LogP contribution in [0.2, 0.25) is 0 Å². The minimum absolute atomic E-state index is 0.0245. The van der Waals surface area contributed by atoms with E-state index in [2.05, 4.69) is 25.3 Å². The zero-order valence-corrected chi connectivity index (χ0v) is 9.05. The molecular weight excluding hydrogens is 238 g/mol. The summed E-state index contributed by atoms with van der Waals surface area (Å²) >= 11 is 1.15. The summed E-state index contributed by atoms with van der Waals surface area (Å²) in [6, 6.07) is 3.21. The first-order chi connectivity index (χ1) is 7.18. The summed E-state index contributed by atoms with van der Waals surface area (Å²) in [5.74, 6) is 0.301. The molecule has 15 heavy (non-hydrogen) atoms. The molecule has 0 aliphatic carbocycles. The number of sulfonamides is 1. The van der Waals surface area contributed by atoms with Gasteiger partial charge in [0.25, 0.3) is 0 Å². The summed E-state index contributed by atoms with van der Waals surface area (Å²) in [7, 11) is -3.45. The fraction of sp³-hybridized carbons (Fsp3) is 0.167. The van der Waals surface area contributed by atoms with Gasteiger partial charge in [-0.1, -0.05) is 11.3 Å². The predicted octanol–water partition coefficient (Wildman–Crippen LogP) is -0.260. The van der Waals surface area contributed by atoms with Gasteiger partial charge in [0.1, 0.15) is 4.21 Å². The Balaban J connectivity index is 2.06. The molecule has 7 nitrogen and oxygen atoms in total. The Morgan fingerprint density at radius 2 is 2.40 bits per heavy atom. The molecule has 2 aromatic heterocycles. The molecule has 2 rings (SSSR count). The normalized spacial score (nSPS) is 11.7. The van der Waals surface area contributed by atoms with E-state index >= 15 is 0 Å². The van der Waals surface area contributed by atoms with E-state index in [0.29, 0.717) is 5.82 Å². The molecule has 2 aromatic rings. The van der Waals surface area contributed by atoms with Crippen molar-refractivity contribution in [1.29, 1.82) is 0 Å². The van der Waals surface area contributed by atoms with Crippen LogP contribution in [0.4, 0.5) is 0 Å². The van der Waals surface area contributed by atoms with Gasteiger partial charge in [-0.15, -0.1) is 21.5 Å². The summed E-state index contributed by atoms with van der Waals surface area (Å²) in [5, 5.41) is 14.5. The first kappa shape index (κ1) is 10.2. The Labute approximate surface area is 89.6 Å². The van der Waals surface area contributed by atoms with E-state index in [9.17, 15) is 8.42 Å². The smallest absolute Gasteiger partial charge is 0.206 e. The molecule has 0 bridgehead atoms. The Morgan fingerprint density at radius 3 is 3.00 bits per heavy atom. The van der Waals surface area contributed by atoms with Gasteiger partial charge < -0.3 is 0 Å². The average Bonchev–Trinajstić information content (AvgIpc) is 2.88. The molecule has 0 aliphatic heterocycles. The first-order valence-electron chi connectivity index (χ1n) is 3.94. The predicted molar refractivity (Wildman–Crippen MR) is 52.5 cm³/mol. The van der Waals surface area contributed by atoms with Gasteiger partial charge in [-0.25, -0.2) is 13.1 Å². The zero-order chi connectivity index (χ0) is 10.7. The van der Waals surface area contributed by atoms with E-state index < -0.39 is 10.0 Å². The largest absolute Gasteiger partial charge is 0.250 e. The first-order valence-corrected chi connectivity index (χ1v) is 6.30. The van der Waals surface area contributed by atoms with Gasteiger partial charge in [-0.2, -0.15) is 5.21 Å². The van der Waals surface area contributed by atoms with Crippen molar-refractivity contribution >= 4 is 21.4 Å². The van der Waals surface area contributed by atoms with Gasteiger partial charge in [-0.05, 0) is 11.4 Å². The molecule has 0 aromatic carbocycles. The lowest BCUT2D eigenvalue weighted by molar-refractivity contribution is 0.581. The molecule has 0 unspecified atom stereocenters. The molecule has 0 fully saturated rings. The SMILES string of the molecule is O=S(=O)(NCc1nn[nH]n1)c1cccs1. The van der Waals surface area contributed by atoms with E-state index in [1.165, 1.54) is 6.07 Å². The molecule has 9 heteroatoms. The number of hydrogen-bond acceptors (Lipinski definition) is 6. The van der Waals surface area contributed by atoms with Crippen LogP contribution >= 0.6 is 11.3 Å². The van der Waals surface area contributed by atoms with Crippen molar-refractivity contribution < 1.29 is 8.42 Å². The second kappa shape index (κ2) is 4.04. The highest BCUT2D eigenvalue weighted by atomic mass is 32.2. The lowest BCUT2D eigenvalue weighted by Crippen LogP contribution is -2.23. The van der Waals surface area contributed by atoms with Gasteiger partial charge in [-0.3, -0.25) is 0 Å². The lowest BCUT2D eigenvalue weighted by atomic mass is 10.7. The molecule has 0 amide bonds. The molecule has 0 radical (unpaired) electrons. The average molecular weight is 245 g/mol. The number of nitrogens with one attached hydrogen (secondary N) is 2. The van der Waals surface area contributed by atoms with Crippen LogP contribution in [0.15, 0.2) is 21.7 Å². The second-order valence-electron chi connectivity index (χ2n) is 2.58. The van der Waals surface area contributed by atoms with Gasteiger partial charge in [0, 0.05) is 0 Å². The Hall–Kier alpha value is -1.32. The van der Waals surface area contributed by atoms with E-state index in [1.54, 1.807) is 11.4 Å². The maximum absolute atomic E-state index is 11.6. The number of nitrogens with zero attached hydrogens (tertiary/aromatic N) is 3. The summed E-state index contributed by atoms with van der Waals surface area (Å²) < 4.78 is 25.8. The van der Waals surface area contributed by atoms with Crippen LogP contribution in [-0.4, -0.2) is 29.0 Å². The van der Waals surface area contributed by atoms with Crippen molar-refractivity contribution in [1.82, 2.24) is 25.3 Å². The summed E-state index contributed by atoms with van der Waals surface area (Å²) in [6.45, 7) is 0.0245. The number of tetrazole rings is 1. The van der Waals surface area contributed by atoms with Crippen molar-refractivity contribution in [3.8, 4) is 0 Å². The minimum Gasteiger partial charge on any atom is -0.206 e. The Kier molecular flexibility index (Phi) is 2.75. The zero-order valence-electron chi connectivity index (χ0n) is 7.41. The minimum atomic E-state index is -3.45. The third-order valence-corrected chi connectivity index (χ3v) is 4.37. The highest BCUT2D eigenvalue weighted by molar-refractivity contribution is 7.91. The molecule has 0 saturated carbocycles. The van der Waals surface area contributed by atoms with E-state index in [4.69, 9.17) is 0 Å². The van der Waals surface area contributed by atoms with Crippen molar-refractivity contribution in [2.75, 3.05) is 0 Å². The highest BCUT2D eigenvalue weighted by Gasteiger charge is 2.15. The number of aromatic nitrogens is 4. The lowest BCUT2D eigenvalue weighted by Gasteiger charge is -2.00. The van der Waals surface area contributed by atoms with Gasteiger partial charge in [0.2, 0.25) is 10.0 Å². The topological polar surface area (TPSA) is 101 Å². The standard InChI is InChI=1S/C6H7N5O2S2/c12-15(13,6-2-1-3-14-6)7-4-5-8-10-11-9-5/h1-3,7H,4H2,(H,8,9,10,11). The van der Waals surface area contributed by atoms with Crippen LogP contribution < -0.4 is 4.72 Å². The van der Waals surface area contributed by atoms with Crippen LogP contribution in [0.25, 0.3) is 0 Å². The third-order valence-electron chi connectivity index (χ3n) is 1.57. The number of rotatable bonds is 4. The Morgan fingerprint density at radius 1 is 1.53 bits per heavy atom. The fourth-order valence-electron chi connectivity index (χ4n) is 0.904.